The second-order valence-corrected chi connectivity index (χ2v) is 15.9. The minimum atomic E-state index is -0.302. The number of nitrogens with zero attached hydrogens (tertiary/aromatic N) is 3. The normalized spacial score (nSPS) is 42.8. The van der Waals surface area contributed by atoms with E-state index in [1.54, 1.807) is 0 Å². The van der Waals surface area contributed by atoms with Gasteiger partial charge in [0.25, 0.3) is 0 Å². The molecular formula is C32H59N3O2. The van der Waals surface area contributed by atoms with Crippen LogP contribution in [0.15, 0.2) is 0 Å². The Balaban J connectivity index is 1.36. The maximum atomic E-state index is 11.9. The van der Waals surface area contributed by atoms with E-state index in [2.05, 4.69) is 69.8 Å². The van der Waals surface area contributed by atoms with Crippen LogP contribution >= 0.6 is 0 Å². The number of unbranched alkanes of at least 4 members (excludes halogenated alkanes) is 1. The van der Waals surface area contributed by atoms with Crippen molar-refractivity contribution in [2.75, 3.05) is 0 Å². The first-order valence-corrected chi connectivity index (χ1v) is 16.1. The van der Waals surface area contributed by atoms with E-state index in [1.165, 1.54) is 44.9 Å². The van der Waals surface area contributed by atoms with Gasteiger partial charge in [-0.1, -0.05) is 81.1 Å². The van der Waals surface area contributed by atoms with E-state index in [0.29, 0.717) is 47.1 Å². The van der Waals surface area contributed by atoms with Crippen LogP contribution < -0.4 is 0 Å². The van der Waals surface area contributed by atoms with Crippen molar-refractivity contribution in [2.24, 2.45) is 46.3 Å². The summed E-state index contributed by atoms with van der Waals surface area (Å²) < 4.78 is 0. The molecule has 1 aromatic rings. The van der Waals surface area contributed by atoms with Gasteiger partial charge in [0.05, 0.1) is 30.3 Å². The topological polar surface area (TPSA) is 55.2 Å². The first-order chi connectivity index (χ1) is 17.4. The summed E-state index contributed by atoms with van der Waals surface area (Å²) >= 11 is 0. The van der Waals surface area contributed by atoms with Crippen molar-refractivity contribution in [2.45, 2.75) is 156 Å². The van der Waals surface area contributed by atoms with Crippen LogP contribution in [0, 0.1) is 46.3 Å². The van der Waals surface area contributed by atoms with Crippen molar-refractivity contribution >= 4 is 0 Å². The van der Waals surface area contributed by atoms with Crippen molar-refractivity contribution in [1.82, 2.24) is 14.4 Å². The number of fused-ring (bicyclic) bond motifs is 4. The molecule has 5 rings (SSSR count). The quantitative estimate of drug-likeness (QED) is 0.391. The highest BCUT2D eigenvalue weighted by atomic mass is 16.3. The largest absolute Gasteiger partial charge is 0.393 e. The summed E-state index contributed by atoms with van der Waals surface area (Å²) in [4.78, 5) is 7.51. The van der Waals surface area contributed by atoms with Crippen LogP contribution in [0.25, 0.3) is 0 Å². The van der Waals surface area contributed by atoms with Gasteiger partial charge < -0.3 is 10.2 Å². The maximum absolute atomic E-state index is 11.9. The second-order valence-electron chi connectivity index (χ2n) is 15.9. The van der Waals surface area contributed by atoms with E-state index in [4.69, 9.17) is 0 Å². The van der Waals surface area contributed by atoms with E-state index in [0.717, 1.165) is 25.7 Å². The first kappa shape index (κ1) is 27.9. The number of hydrogen-bond donors (Lipinski definition) is 2. The Hall–Kier alpha value is -0.680. The van der Waals surface area contributed by atoms with Gasteiger partial charge in [0, 0.05) is 0 Å². The molecule has 4 aliphatic rings. The lowest BCUT2D eigenvalue weighted by Gasteiger charge is -2.51. The SMILES string of the molecule is CCCCC(C)(C)C1CC(CC2CC(C)C(C(C)(C)C)C(C)C2O)C(O)C(n2n3n2C2CCCCC23)C1. The van der Waals surface area contributed by atoms with Gasteiger partial charge >= 0.3 is 0 Å². The Kier molecular flexibility index (Phi) is 7.57. The lowest BCUT2D eigenvalue weighted by atomic mass is 9.56. The summed E-state index contributed by atoms with van der Waals surface area (Å²) in [6, 6.07) is 1.57. The van der Waals surface area contributed by atoms with Gasteiger partial charge in [-0.05, 0) is 91.3 Å². The van der Waals surface area contributed by atoms with Crippen LogP contribution in [-0.4, -0.2) is 36.8 Å². The minimum absolute atomic E-state index is 0.202. The third-order valence-corrected chi connectivity index (χ3v) is 11.9. The molecule has 5 heteroatoms. The molecule has 3 fully saturated rings. The average molecular weight is 518 g/mol. The Morgan fingerprint density at radius 1 is 0.757 bits per heavy atom. The Bertz CT molecular complexity index is 878. The lowest BCUT2D eigenvalue weighted by molar-refractivity contribution is -0.0920. The van der Waals surface area contributed by atoms with Crippen LogP contribution in [0.1, 0.15) is 144 Å². The molecule has 0 spiro atoms. The molecule has 11 unspecified atom stereocenters. The van der Waals surface area contributed by atoms with Crippen molar-refractivity contribution in [3.63, 3.8) is 0 Å². The third kappa shape index (κ3) is 4.92. The van der Waals surface area contributed by atoms with Crippen molar-refractivity contribution in [3.8, 4) is 0 Å². The molecule has 214 valence electrons. The molecule has 2 heterocycles. The zero-order chi connectivity index (χ0) is 26.9. The molecule has 0 amide bonds. The van der Waals surface area contributed by atoms with Crippen molar-refractivity contribution < 1.29 is 10.2 Å². The lowest BCUT2D eigenvalue weighted by Crippen LogP contribution is -2.49. The summed E-state index contributed by atoms with van der Waals surface area (Å²) in [7, 11) is 0. The summed E-state index contributed by atoms with van der Waals surface area (Å²) in [6.07, 6.45) is 12.9. The van der Waals surface area contributed by atoms with Gasteiger partial charge in [0.1, 0.15) is 0 Å². The zero-order valence-electron chi connectivity index (χ0n) is 25.4. The fourth-order valence-electron chi connectivity index (χ4n) is 10.1. The zero-order valence-corrected chi connectivity index (χ0v) is 25.4. The number of aliphatic hydroxyl groups excluding tert-OH is 2. The molecule has 0 radical (unpaired) electrons. The smallest absolute Gasteiger partial charge is 0.0972 e. The van der Waals surface area contributed by atoms with E-state index in [-0.39, 0.29) is 29.6 Å². The third-order valence-electron chi connectivity index (χ3n) is 11.9. The van der Waals surface area contributed by atoms with E-state index >= 15 is 0 Å². The Labute approximate surface area is 227 Å². The first-order valence-electron chi connectivity index (χ1n) is 16.1. The van der Waals surface area contributed by atoms with Gasteiger partial charge in [-0.25, -0.2) is 0 Å². The highest BCUT2D eigenvalue weighted by Gasteiger charge is 2.54. The molecule has 1 aliphatic heterocycles. The fourth-order valence-corrected chi connectivity index (χ4v) is 10.1. The van der Waals surface area contributed by atoms with Crippen LogP contribution in [0.4, 0.5) is 0 Å². The molecule has 2 N–H and O–H groups in total. The monoisotopic (exact) mass is 517 g/mol. The van der Waals surface area contributed by atoms with E-state index in [9.17, 15) is 10.2 Å². The summed E-state index contributed by atoms with van der Waals surface area (Å²) in [6.45, 7) is 19.0. The van der Waals surface area contributed by atoms with Crippen LogP contribution in [-0.2, 0) is 0 Å². The summed E-state index contributed by atoms with van der Waals surface area (Å²) in [5.41, 5.74) is 0.509. The predicted octanol–water partition coefficient (Wildman–Crippen LogP) is 7.61. The average Bonchev–Trinajstić information content (AvgIpc) is 3.48. The predicted molar refractivity (Wildman–Crippen MR) is 152 cm³/mol. The molecule has 3 aliphatic carbocycles. The number of aromatic nitrogens is 3. The standard InChI is InChI=1S/C32H59N3O2/c1-9-10-15-32(7,8)24-18-23(17-22-16-20(2)28(31(4,5)6)21(3)29(22)36)30(37)27(19-24)35-33-25-13-11-12-14-26(25)34(33)35/h20-30,36-37H,9-19H2,1-8H3. The van der Waals surface area contributed by atoms with Crippen LogP contribution in [0.5, 0.6) is 0 Å². The fraction of sp³-hybridized carbons (Fsp3) is 1.00. The Morgan fingerprint density at radius 2 is 1.32 bits per heavy atom. The van der Waals surface area contributed by atoms with E-state index in [1.807, 2.05) is 0 Å². The van der Waals surface area contributed by atoms with Crippen molar-refractivity contribution in [1.29, 1.82) is 0 Å². The van der Waals surface area contributed by atoms with Crippen LogP contribution in [0.3, 0.4) is 0 Å². The maximum Gasteiger partial charge on any atom is 0.0972 e. The van der Waals surface area contributed by atoms with Crippen molar-refractivity contribution in [3.05, 3.63) is 0 Å². The number of hydrogen-bond acceptors (Lipinski definition) is 2. The summed E-state index contributed by atoms with van der Waals surface area (Å²) in [5, 5.41) is 23.5. The molecular weight excluding hydrogens is 458 g/mol. The number of aliphatic hydroxyl groups is 2. The molecule has 3 saturated carbocycles. The van der Waals surface area contributed by atoms with Crippen LogP contribution in [0.2, 0.25) is 0 Å². The van der Waals surface area contributed by atoms with Gasteiger partial charge in [-0.15, -0.1) is 0 Å². The Morgan fingerprint density at radius 3 is 1.89 bits per heavy atom. The van der Waals surface area contributed by atoms with Gasteiger partial charge in [0.15, 0.2) is 0 Å². The highest BCUT2D eigenvalue weighted by molar-refractivity contribution is 5.02. The second kappa shape index (κ2) is 10.1. The molecule has 0 saturated heterocycles. The number of rotatable bonds is 7. The van der Waals surface area contributed by atoms with Gasteiger partial charge in [-0.3, -0.25) is 0 Å². The molecule has 11 atom stereocenters. The molecule has 1 aromatic heterocycles. The molecule has 5 nitrogen and oxygen atoms in total. The minimum Gasteiger partial charge on any atom is -0.393 e. The highest BCUT2D eigenvalue weighted by Crippen LogP contribution is 2.56. The van der Waals surface area contributed by atoms with Gasteiger partial charge in [-0.2, -0.15) is 14.4 Å². The molecule has 0 bridgehead atoms. The molecule has 37 heavy (non-hydrogen) atoms. The van der Waals surface area contributed by atoms with Gasteiger partial charge in [0.2, 0.25) is 0 Å². The summed E-state index contributed by atoms with van der Waals surface area (Å²) in [5.74, 6) is 2.67. The van der Waals surface area contributed by atoms with E-state index < -0.39 is 0 Å². The molecule has 0 aromatic carbocycles.